The fourth-order valence-corrected chi connectivity index (χ4v) is 2.23. The maximum Gasteiger partial charge on any atom is 0.141 e. The summed E-state index contributed by atoms with van der Waals surface area (Å²) in [6.45, 7) is 1.86. The minimum Gasteiger partial charge on any atom is -0.507 e. The van der Waals surface area contributed by atoms with Crippen molar-refractivity contribution >= 4 is 23.1 Å². The third-order valence-electron chi connectivity index (χ3n) is 3.42. The van der Waals surface area contributed by atoms with Gasteiger partial charge < -0.3 is 10.2 Å². The third kappa shape index (κ3) is 2.58. The highest BCUT2D eigenvalue weighted by Crippen LogP contribution is 2.25. The summed E-state index contributed by atoms with van der Waals surface area (Å²) in [4.78, 5) is 4.42. The molecule has 21 heavy (non-hydrogen) atoms. The smallest absolute Gasteiger partial charge is 0.141 e. The first-order valence-electron chi connectivity index (χ1n) is 6.70. The van der Waals surface area contributed by atoms with Crippen molar-refractivity contribution in [2.24, 2.45) is 0 Å². The quantitative estimate of drug-likeness (QED) is 0.740. The van der Waals surface area contributed by atoms with Crippen LogP contribution in [0.2, 0.25) is 0 Å². The van der Waals surface area contributed by atoms with Gasteiger partial charge in [0.1, 0.15) is 17.0 Å². The third-order valence-corrected chi connectivity index (χ3v) is 3.42. The fraction of sp³-hybridized carbons (Fsp3) is 0.0556. The van der Waals surface area contributed by atoms with Gasteiger partial charge in [-0.1, -0.05) is 36.4 Å². The molecule has 0 amide bonds. The van der Waals surface area contributed by atoms with E-state index in [1.807, 2.05) is 55.5 Å². The van der Waals surface area contributed by atoms with E-state index >= 15 is 0 Å². The molecule has 2 N–H and O–H groups in total. The van der Waals surface area contributed by atoms with Gasteiger partial charge in [0.15, 0.2) is 0 Å². The van der Waals surface area contributed by atoms with Gasteiger partial charge in [-0.2, -0.15) is 0 Å². The molecule has 3 rings (SSSR count). The van der Waals surface area contributed by atoms with Crippen molar-refractivity contribution in [1.82, 2.24) is 4.98 Å². The van der Waals surface area contributed by atoms with Gasteiger partial charge >= 0.3 is 0 Å². The van der Waals surface area contributed by atoms with Crippen LogP contribution in [-0.4, -0.2) is 15.2 Å². The number of benzene rings is 2. The zero-order valence-electron chi connectivity index (χ0n) is 11.6. The second-order valence-electron chi connectivity index (χ2n) is 4.93. The van der Waals surface area contributed by atoms with E-state index in [-0.39, 0.29) is 11.5 Å². The predicted octanol–water partition coefficient (Wildman–Crippen LogP) is 4.12. The Bertz CT molecular complexity index is 838. The van der Waals surface area contributed by atoms with E-state index in [2.05, 4.69) is 4.98 Å². The van der Waals surface area contributed by atoms with Crippen LogP contribution in [-0.2, 0) is 0 Å². The summed E-state index contributed by atoms with van der Waals surface area (Å²) in [7, 11) is 0. The van der Waals surface area contributed by atoms with Gasteiger partial charge in [0.2, 0.25) is 0 Å². The highest BCUT2D eigenvalue weighted by atomic mass is 16.3. The number of fused-ring (bicyclic) bond motifs is 1. The highest BCUT2D eigenvalue weighted by molar-refractivity contribution is 5.85. The number of para-hydroxylation sites is 2. The molecule has 2 aromatic carbocycles. The van der Waals surface area contributed by atoms with E-state index in [9.17, 15) is 10.2 Å². The lowest BCUT2D eigenvalue weighted by atomic mass is 10.1. The Morgan fingerprint density at radius 1 is 0.905 bits per heavy atom. The van der Waals surface area contributed by atoms with Crippen LogP contribution in [0.1, 0.15) is 16.8 Å². The maximum atomic E-state index is 9.98. The molecule has 0 saturated heterocycles. The Morgan fingerprint density at radius 3 is 2.57 bits per heavy atom. The van der Waals surface area contributed by atoms with Gasteiger partial charge in [0, 0.05) is 10.9 Å². The Morgan fingerprint density at radius 2 is 1.71 bits per heavy atom. The molecule has 0 aliphatic heterocycles. The molecule has 0 aliphatic rings. The van der Waals surface area contributed by atoms with E-state index in [4.69, 9.17) is 0 Å². The maximum absolute atomic E-state index is 9.98. The lowest BCUT2D eigenvalue weighted by Gasteiger charge is -2.03. The zero-order valence-corrected chi connectivity index (χ0v) is 11.6. The van der Waals surface area contributed by atoms with Crippen LogP contribution < -0.4 is 0 Å². The summed E-state index contributed by atoms with van der Waals surface area (Å²) in [5.74, 6) is 0.443. The van der Waals surface area contributed by atoms with Crippen molar-refractivity contribution < 1.29 is 10.2 Å². The van der Waals surface area contributed by atoms with E-state index in [1.54, 1.807) is 12.1 Å². The van der Waals surface area contributed by atoms with Crippen LogP contribution in [0, 0.1) is 6.92 Å². The molecule has 0 saturated carbocycles. The van der Waals surface area contributed by atoms with E-state index in [1.165, 1.54) is 0 Å². The van der Waals surface area contributed by atoms with Crippen LogP contribution in [0.15, 0.2) is 48.5 Å². The highest BCUT2D eigenvalue weighted by Gasteiger charge is 2.02. The summed E-state index contributed by atoms with van der Waals surface area (Å²) in [6, 6.07) is 14.7. The SMILES string of the molecule is Cc1cccc(/C=C/c2ccc3cccc(O)c3n2)c1O. The number of pyridine rings is 1. The molecule has 0 aliphatic carbocycles. The number of hydrogen-bond donors (Lipinski definition) is 2. The molecular formula is C18H15NO2. The molecule has 0 bridgehead atoms. The van der Waals surface area contributed by atoms with Crippen LogP contribution >= 0.6 is 0 Å². The van der Waals surface area contributed by atoms with Gasteiger partial charge in [-0.05, 0) is 36.8 Å². The summed E-state index contributed by atoms with van der Waals surface area (Å²) in [6.07, 6.45) is 3.64. The second kappa shape index (κ2) is 5.29. The van der Waals surface area contributed by atoms with Crippen LogP contribution in [0.4, 0.5) is 0 Å². The minimum absolute atomic E-state index is 0.168. The first-order valence-corrected chi connectivity index (χ1v) is 6.70. The number of nitrogens with zero attached hydrogens (tertiary/aromatic N) is 1. The van der Waals surface area contributed by atoms with Crippen LogP contribution in [0.25, 0.3) is 23.1 Å². The summed E-state index contributed by atoms with van der Waals surface area (Å²) in [5.41, 5.74) is 2.88. The van der Waals surface area contributed by atoms with Crippen molar-refractivity contribution in [3.63, 3.8) is 0 Å². The normalized spacial score (nSPS) is 11.3. The standard InChI is InChI=1S/C18H15NO2/c1-12-4-2-6-14(18(12)21)9-11-15-10-8-13-5-3-7-16(20)17(13)19-15/h2-11,20-21H,1H3/b11-9+. The van der Waals surface area contributed by atoms with Gasteiger partial charge in [-0.25, -0.2) is 4.98 Å². The Labute approximate surface area is 122 Å². The molecule has 1 heterocycles. The van der Waals surface area contributed by atoms with E-state index in [0.29, 0.717) is 5.52 Å². The zero-order chi connectivity index (χ0) is 14.8. The van der Waals surface area contributed by atoms with Gasteiger partial charge in [0.05, 0.1) is 5.69 Å². The number of rotatable bonds is 2. The van der Waals surface area contributed by atoms with Crippen molar-refractivity contribution in [3.05, 3.63) is 65.4 Å². The lowest BCUT2D eigenvalue weighted by molar-refractivity contribution is 0.470. The minimum atomic E-state index is 0.168. The fourth-order valence-electron chi connectivity index (χ4n) is 2.23. The number of phenolic OH excluding ortho intramolecular Hbond substituents is 2. The molecule has 3 nitrogen and oxygen atoms in total. The first kappa shape index (κ1) is 13.2. The van der Waals surface area contributed by atoms with Crippen molar-refractivity contribution in [1.29, 1.82) is 0 Å². The number of aryl methyl sites for hydroxylation is 1. The monoisotopic (exact) mass is 277 g/mol. The molecule has 104 valence electrons. The first-order chi connectivity index (χ1) is 10.1. The average molecular weight is 277 g/mol. The molecule has 0 unspecified atom stereocenters. The number of phenols is 2. The summed E-state index contributed by atoms with van der Waals surface area (Å²) in [5, 5.41) is 20.7. The largest absolute Gasteiger partial charge is 0.507 e. The van der Waals surface area contributed by atoms with Crippen molar-refractivity contribution in [2.45, 2.75) is 6.92 Å². The number of hydrogen-bond acceptors (Lipinski definition) is 3. The average Bonchev–Trinajstić information content (AvgIpc) is 2.49. The predicted molar refractivity (Wildman–Crippen MR) is 85.2 cm³/mol. The Hall–Kier alpha value is -2.81. The van der Waals surface area contributed by atoms with Gasteiger partial charge in [-0.15, -0.1) is 0 Å². The van der Waals surface area contributed by atoms with E-state index in [0.717, 1.165) is 22.2 Å². The number of aromatic hydroxyl groups is 2. The van der Waals surface area contributed by atoms with Crippen molar-refractivity contribution in [3.8, 4) is 11.5 Å². The molecule has 3 aromatic rings. The van der Waals surface area contributed by atoms with Gasteiger partial charge in [0.25, 0.3) is 0 Å². The molecule has 1 aromatic heterocycles. The molecule has 0 spiro atoms. The molecule has 0 fully saturated rings. The molecule has 0 radical (unpaired) electrons. The lowest BCUT2D eigenvalue weighted by Crippen LogP contribution is -1.84. The van der Waals surface area contributed by atoms with Gasteiger partial charge in [-0.3, -0.25) is 0 Å². The molecule has 3 heteroatoms. The van der Waals surface area contributed by atoms with Crippen LogP contribution in [0.3, 0.4) is 0 Å². The number of aromatic nitrogens is 1. The molecular weight excluding hydrogens is 262 g/mol. The Kier molecular flexibility index (Phi) is 3.32. The Balaban J connectivity index is 2.00. The van der Waals surface area contributed by atoms with E-state index < -0.39 is 0 Å². The second-order valence-corrected chi connectivity index (χ2v) is 4.93. The molecule has 0 atom stereocenters. The summed E-state index contributed by atoms with van der Waals surface area (Å²) < 4.78 is 0. The van der Waals surface area contributed by atoms with Crippen molar-refractivity contribution in [2.75, 3.05) is 0 Å². The van der Waals surface area contributed by atoms with Crippen LogP contribution in [0.5, 0.6) is 11.5 Å². The topological polar surface area (TPSA) is 53.4 Å². The summed E-state index contributed by atoms with van der Waals surface area (Å²) >= 11 is 0.